The number of halogens is 1. The maximum Gasteiger partial charge on any atom is 0.270 e. The largest absolute Gasteiger partial charge is 0.366 e. The Balaban J connectivity index is 1.34. The van der Waals surface area contributed by atoms with Crippen LogP contribution in [0.2, 0.25) is 0 Å². The van der Waals surface area contributed by atoms with Gasteiger partial charge in [0.2, 0.25) is 5.95 Å². The Kier molecular flexibility index (Phi) is 6.78. The summed E-state index contributed by atoms with van der Waals surface area (Å²) in [5.74, 6) is -0.119. The molecule has 2 N–H and O–H groups in total. The van der Waals surface area contributed by atoms with Crippen LogP contribution in [0.25, 0.3) is 20.9 Å². The fourth-order valence-electron chi connectivity index (χ4n) is 4.72. The van der Waals surface area contributed by atoms with Gasteiger partial charge in [-0.05, 0) is 48.2 Å². The number of thiophene rings is 1. The molecule has 196 valence electrons. The van der Waals surface area contributed by atoms with Crippen LogP contribution in [0.15, 0.2) is 58.3 Å². The number of hydrogen-bond donors (Lipinski definition) is 2. The van der Waals surface area contributed by atoms with E-state index in [-0.39, 0.29) is 29.9 Å². The van der Waals surface area contributed by atoms with E-state index in [2.05, 4.69) is 32.5 Å². The molecule has 1 unspecified atom stereocenters. The Morgan fingerprint density at radius 1 is 1.23 bits per heavy atom. The number of pyridine rings is 1. The molecular weight excluding hydrogens is 535 g/mol. The standard InChI is InChI=1S/C27H23FN8OS2/c1-16-14-35(7-5-30-16)22-3-2-20(11-21(22)28)33-27-32-13-19-10-18(12-29)26(37)36(24(19)34-27)15-17-4-8-38-23(17)25-31-6-9-39-25/h2-4,6,8-11,13,16,30H,5,7,14-15H2,1H3,(H,32,33,34). The first kappa shape index (κ1) is 25.1. The number of anilines is 3. The number of nitriles is 1. The number of hydrogen-bond acceptors (Lipinski definition) is 10. The average Bonchev–Trinajstić information content (AvgIpc) is 3.62. The molecule has 1 fully saturated rings. The van der Waals surface area contributed by atoms with Gasteiger partial charge < -0.3 is 15.5 Å². The molecule has 1 aromatic carbocycles. The van der Waals surface area contributed by atoms with E-state index in [1.54, 1.807) is 35.9 Å². The van der Waals surface area contributed by atoms with Gasteiger partial charge in [-0.1, -0.05) is 0 Å². The third-order valence-electron chi connectivity index (χ3n) is 6.56. The van der Waals surface area contributed by atoms with Gasteiger partial charge in [-0.15, -0.1) is 22.7 Å². The molecule has 0 spiro atoms. The van der Waals surface area contributed by atoms with Gasteiger partial charge in [-0.3, -0.25) is 9.36 Å². The van der Waals surface area contributed by atoms with E-state index >= 15 is 4.39 Å². The molecule has 1 aliphatic rings. The summed E-state index contributed by atoms with van der Waals surface area (Å²) >= 11 is 3.07. The number of nitrogens with zero attached hydrogens (tertiary/aromatic N) is 6. The first-order chi connectivity index (χ1) is 19.0. The highest BCUT2D eigenvalue weighted by molar-refractivity contribution is 7.20. The fourth-order valence-corrected chi connectivity index (χ4v) is 6.43. The summed E-state index contributed by atoms with van der Waals surface area (Å²) in [6.45, 7) is 4.56. The van der Waals surface area contributed by atoms with Crippen molar-refractivity contribution >= 4 is 51.0 Å². The zero-order valence-electron chi connectivity index (χ0n) is 20.9. The molecule has 9 nitrogen and oxygen atoms in total. The SMILES string of the molecule is CC1CN(c2ccc(Nc3ncc4cc(C#N)c(=O)n(Cc5ccsc5-c5nccs5)c4n3)cc2F)CCN1. The first-order valence-electron chi connectivity index (χ1n) is 12.3. The minimum Gasteiger partial charge on any atom is -0.366 e. The maximum atomic E-state index is 15.1. The van der Waals surface area contributed by atoms with Crippen LogP contribution in [0.5, 0.6) is 0 Å². The van der Waals surface area contributed by atoms with Crippen LogP contribution in [0.4, 0.5) is 21.7 Å². The van der Waals surface area contributed by atoms with Crippen molar-refractivity contribution in [3.63, 3.8) is 0 Å². The molecule has 0 saturated carbocycles. The highest BCUT2D eigenvalue weighted by Gasteiger charge is 2.20. The number of thiazole rings is 1. The normalized spacial score (nSPS) is 15.4. The Morgan fingerprint density at radius 3 is 2.90 bits per heavy atom. The van der Waals surface area contributed by atoms with Crippen molar-refractivity contribution in [1.82, 2.24) is 24.8 Å². The second-order valence-electron chi connectivity index (χ2n) is 9.24. The number of piperazine rings is 1. The maximum absolute atomic E-state index is 15.1. The number of nitrogens with one attached hydrogen (secondary N) is 2. The Hall–Kier alpha value is -4.18. The van der Waals surface area contributed by atoms with Gasteiger partial charge in [0.25, 0.3) is 5.56 Å². The number of aromatic nitrogens is 4. The van der Waals surface area contributed by atoms with Crippen molar-refractivity contribution in [2.75, 3.05) is 29.9 Å². The molecule has 1 atom stereocenters. The Morgan fingerprint density at radius 2 is 2.13 bits per heavy atom. The predicted octanol–water partition coefficient (Wildman–Crippen LogP) is 4.58. The molecule has 0 aliphatic carbocycles. The van der Waals surface area contributed by atoms with Crippen LogP contribution >= 0.6 is 22.7 Å². The minimum absolute atomic E-state index is 0.0118. The lowest BCUT2D eigenvalue weighted by atomic mass is 10.2. The molecule has 12 heteroatoms. The van der Waals surface area contributed by atoms with Gasteiger partial charge in [0.05, 0.1) is 17.1 Å². The summed E-state index contributed by atoms with van der Waals surface area (Å²) in [6, 6.07) is 10.7. The first-order valence-corrected chi connectivity index (χ1v) is 14.1. The highest BCUT2D eigenvalue weighted by atomic mass is 32.1. The van der Waals surface area contributed by atoms with Gasteiger partial charge in [0.15, 0.2) is 0 Å². The zero-order valence-corrected chi connectivity index (χ0v) is 22.5. The van der Waals surface area contributed by atoms with Crippen molar-refractivity contribution in [3.05, 3.63) is 80.8 Å². The second kappa shape index (κ2) is 10.5. The zero-order chi connectivity index (χ0) is 26.9. The van der Waals surface area contributed by atoms with Crippen LogP contribution in [0.1, 0.15) is 18.1 Å². The van der Waals surface area contributed by atoms with Gasteiger partial charge in [-0.2, -0.15) is 10.2 Å². The van der Waals surface area contributed by atoms with E-state index < -0.39 is 5.56 Å². The predicted molar refractivity (Wildman–Crippen MR) is 152 cm³/mol. The minimum atomic E-state index is -0.438. The Bertz CT molecular complexity index is 1760. The van der Waals surface area contributed by atoms with Crippen molar-refractivity contribution in [2.24, 2.45) is 0 Å². The van der Waals surface area contributed by atoms with Crippen LogP contribution in [0, 0.1) is 17.1 Å². The van der Waals surface area contributed by atoms with Crippen molar-refractivity contribution in [1.29, 1.82) is 5.26 Å². The van der Waals surface area contributed by atoms with Crippen molar-refractivity contribution in [3.8, 4) is 16.0 Å². The summed E-state index contributed by atoms with van der Waals surface area (Å²) in [5, 5.41) is 21.3. The molecule has 5 aromatic rings. The van der Waals surface area contributed by atoms with Gasteiger partial charge in [0.1, 0.15) is 28.1 Å². The lowest BCUT2D eigenvalue weighted by Crippen LogP contribution is -2.49. The average molecular weight is 559 g/mol. The summed E-state index contributed by atoms with van der Waals surface area (Å²) in [7, 11) is 0. The molecule has 0 radical (unpaired) electrons. The van der Waals surface area contributed by atoms with Crippen LogP contribution < -0.4 is 21.1 Å². The molecule has 4 aromatic heterocycles. The highest BCUT2D eigenvalue weighted by Crippen LogP contribution is 2.32. The molecule has 0 bridgehead atoms. The second-order valence-corrected chi connectivity index (χ2v) is 11.0. The number of rotatable bonds is 6. The van der Waals surface area contributed by atoms with Crippen LogP contribution in [-0.2, 0) is 6.54 Å². The molecule has 1 aliphatic heterocycles. The molecule has 1 saturated heterocycles. The lowest BCUT2D eigenvalue weighted by molar-refractivity contribution is 0.478. The molecular formula is C27H23FN8OS2. The smallest absolute Gasteiger partial charge is 0.270 e. The summed E-state index contributed by atoms with van der Waals surface area (Å²) < 4.78 is 16.5. The van der Waals surface area contributed by atoms with E-state index in [1.165, 1.54) is 28.0 Å². The fraction of sp³-hybridized carbons (Fsp3) is 0.222. The van der Waals surface area contributed by atoms with Crippen molar-refractivity contribution < 1.29 is 4.39 Å². The number of fused-ring (bicyclic) bond motifs is 1. The van der Waals surface area contributed by atoms with E-state index in [1.807, 2.05) is 27.8 Å². The number of benzene rings is 1. The third-order valence-corrected chi connectivity index (χ3v) is 8.45. The summed E-state index contributed by atoms with van der Waals surface area (Å²) in [4.78, 5) is 29.6. The summed E-state index contributed by atoms with van der Waals surface area (Å²) in [5.41, 5.74) is 1.90. The van der Waals surface area contributed by atoms with Crippen LogP contribution in [-0.4, -0.2) is 45.2 Å². The van der Waals surface area contributed by atoms with Crippen LogP contribution in [0.3, 0.4) is 0 Å². The third kappa shape index (κ3) is 4.99. The van der Waals surface area contributed by atoms with Gasteiger partial charge >= 0.3 is 0 Å². The van der Waals surface area contributed by atoms with Gasteiger partial charge in [-0.25, -0.2) is 14.4 Å². The van der Waals surface area contributed by atoms with E-state index in [4.69, 9.17) is 0 Å². The molecule has 0 amide bonds. The lowest BCUT2D eigenvalue weighted by Gasteiger charge is -2.33. The summed E-state index contributed by atoms with van der Waals surface area (Å²) in [6.07, 6.45) is 3.30. The van der Waals surface area contributed by atoms with E-state index in [0.29, 0.717) is 22.4 Å². The van der Waals surface area contributed by atoms with Gasteiger partial charge in [0, 0.05) is 54.5 Å². The quantitative estimate of drug-likeness (QED) is 0.312. The van der Waals surface area contributed by atoms with E-state index in [0.717, 1.165) is 35.1 Å². The molecule has 5 heterocycles. The van der Waals surface area contributed by atoms with Crippen molar-refractivity contribution in [2.45, 2.75) is 19.5 Å². The monoisotopic (exact) mass is 558 g/mol. The topological polar surface area (TPSA) is 112 Å². The molecule has 39 heavy (non-hydrogen) atoms. The molecule has 6 rings (SSSR count). The Labute approximate surface area is 231 Å². The van der Waals surface area contributed by atoms with E-state index in [9.17, 15) is 10.1 Å².